The molecule has 4 nitrogen and oxygen atoms in total. The van der Waals surface area contributed by atoms with Crippen LogP contribution in [0.1, 0.15) is 35.1 Å². The van der Waals surface area contributed by atoms with E-state index >= 15 is 0 Å². The van der Waals surface area contributed by atoms with Gasteiger partial charge in [-0.1, -0.05) is 42.5 Å². The number of benzene rings is 3. The highest BCUT2D eigenvalue weighted by Crippen LogP contribution is 2.36. The number of likely N-dealkylation sites (tertiary alicyclic amines) is 1. The summed E-state index contributed by atoms with van der Waals surface area (Å²) in [6.07, 6.45) is -4.39. The fourth-order valence-electron chi connectivity index (χ4n) is 5.01. The van der Waals surface area contributed by atoms with Crippen LogP contribution in [0.25, 0.3) is 0 Å². The van der Waals surface area contributed by atoms with Gasteiger partial charge in [0.25, 0.3) is 0 Å². The number of carbonyl (C=O) groups excluding carboxylic acids is 1. The Bertz CT molecular complexity index is 1200. The molecule has 196 valence electrons. The third-order valence-electron chi connectivity index (χ3n) is 6.91. The predicted molar refractivity (Wildman–Crippen MR) is 133 cm³/mol. The number of halogens is 4. The zero-order chi connectivity index (χ0) is 26.6. The third-order valence-corrected chi connectivity index (χ3v) is 6.91. The van der Waals surface area contributed by atoms with Gasteiger partial charge in [0.1, 0.15) is 11.6 Å². The van der Waals surface area contributed by atoms with Crippen molar-refractivity contribution in [1.29, 1.82) is 0 Å². The first kappa shape index (κ1) is 26.7. The maximum absolute atomic E-state index is 13.4. The average Bonchev–Trinajstić information content (AvgIpc) is 3.26. The first-order chi connectivity index (χ1) is 17.6. The molecule has 1 amide bonds. The lowest BCUT2D eigenvalue weighted by molar-refractivity contribution is -0.137. The Kier molecular flexibility index (Phi) is 8.17. The molecule has 1 aliphatic rings. The summed E-state index contributed by atoms with van der Waals surface area (Å²) in [4.78, 5) is 16.4. The Balaban J connectivity index is 1.55. The van der Waals surface area contributed by atoms with Crippen LogP contribution in [0.15, 0.2) is 72.8 Å². The number of nitrogens with zero attached hydrogens (tertiary/aromatic N) is 2. The molecule has 2 atom stereocenters. The first-order valence-corrected chi connectivity index (χ1v) is 12.1. The van der Waals surface area contributed by atoms with Gasteiger partial charge in [-0.25, -0.2) is 4.39 Å². The molecule has 1 saturated heterocycles. The van der Waals surface area contributed by atoms with Crippen molar-refractivity contribution in [2.24, 2.45) is 5.92 Å². The van der Waals surface area contributed by atoms with Crippen LogP contribution in [0.4, 0.5) is 17.6 Å². The second kappa shape index (κ2) is 11.3. The van der Waals surface area contributed by atoms with E-state index in [2.05, 4.69) is 4.90 Å². The monoisotopic (exact) mass is 514 g/mol. The van der Waals surface area contributed by atoms with E-state index < -0.39 is 11.7 Å². The van der Waals surface area contributed by atoms with Crippen LogP contribution in [-0.2, 0) is 24.1 Å². The molecular weight excluding hydrogens is 484 g/mol. The molecule has 1 aliphatic heterocycles. The van der Waals surface area contributed by atoms with Gasteiger partial charge in [-0.05, 0) is 52.9 Å². The number of hydrogen-bond donors (Lipinski definition) is 0. The molecule has 3 aromatic carbocycles. The van der Waals surface area contributed by atoms with Crippen molar-refractivity contribution < 1.29 is 27.1 Å². The van der Waals surface area contributed by atoms with Gasteiger partial charge in [-0.2, -0.15) is 13.2 Å². The quantitative estimate of drug-likeness (QED) is 0.340. The number of rotatable bonds is 8. The normalized spacial score (nSPS) is 18.1. The Labute approximate surface area is 214 Å². The smallest absolute Gasteiger partial charge is 0.416 e. The largest absolute Gasteiger partial charge is 0.497 e. The standard InChI is InChI=1S/C29H30F4N2O2/c1-20(36)35(16-21-6-10-26(30)11-7-21)18-24-17-34(15-22-4-3-5-25(14-22)29(31,32)33)19-28(24)23-8-12-27(37-2)13-9-23/h3-14,24,28H,15-19H2,1-2H3/t24-,28+/m1/s1. The Morgan fingerprint density at radius 2 is 1.70 bits per heavy atom. The summed E-state index contributed by atoms with van der Waals surface area (Å²) in [5, 5.41) is 0. The van der Waals surface area contributed by atoms with Crippen molar-refractivity contribution >= 4 is 5.91 Å². The van der Waals surface area contributed by atoms with E-state index in [0.29, 0.717) is 38.3 Å². The first-order valence-electron chi connectivity index (χ1n) is 12.1. The Hall–Kier alpha value is -3.39. The minimum Gasteiger partial charge on any atom is -0.497 e. The Morgan fingerprint density at radius 1 is 1.00 bits per heavy atom. The molecule has 0 bridgehead atoms. The summed E-state index contributed by atoms with van der Waals surface area (Å²) in [5.74, 6) is 0.448. The van der Waals surface area contributed by atoms with Crippen molar-refractivity contribution in [3.8, 4) is 5.75 Å². The molecule has 0 radical (unpaired) electrons. The van der Waals surface area contributed by atoms with Crippen molar-refractivity contribution in [2.75, 3.05) is 26.7 Å². The SMILES string of the molecule is COc1ccc([C@@H]2CN(Cc3cccc(C(F)(F)F)c3)C[C@@H]2CN(Cc2ccc(F)cc2)C(C)=O)cc1. The van der Waals surface area contributed by atoms with Crippen molar-refractivity contribution in [1.82, 2.24) is 9.80 Å². The molecule has 0 aromatic heterocycles. The van der Waals surface area contributed by atoms with Gasteiger partial charge >= 0.3 is 6.18 Å². The number of amides is 1. The summed E-state index contributed by atoms with van der Waals surface area (Å²) in [5.41, 5.74) is 1.85. The lowest BCUT2D eigenvalue weighted by Crippen LogP contribution is -2.35. The highest BCUT2D eigenvalue weighted by Gasteiger charge is 2.36. The molecular formula is C29H30F4N2O2. The maximum atomic E-state index is 13.4. The third kappa shape index (κ3) is 6.89. The summed E-state index contributed by atoms with van der Waals surface area (Å²) < 4.78 is 58.3. The molecule has 0 saturated carbocycles. The van der Waals surface area contributed by atoms with E-state index in [4.69, 9.17) is 4.74 Å². The van der Waals surface area contributed by atoms with Crippen LogP contribution in [0.3, 0.4) is 0 Å². The minimum atomic E-state index is -4.39. The van der Waals surface area contributed by atoms with Crippen molar-refractivity contribution in [3.63, 3.8) is 0 Å². The number of alkyl halides is 3. The molecule has 0 spiro atoms. The van der Waals surface area contributed by atoms with Gasteiger partial charge in [0.15, 0.2) is 0 Å². The highest BCUT2D eigenvalue weighted by molar-refractivity contribution is 5.73. The molecule has 0 N–H and O–H groups in total. The van der Waals surface area contributed by atoms with E-state index in [-0.39, 0.29) is 23.6 Å². The molecule has 8 heteroatoms. The minimum absolute atomic E-state index is 0.0588. The molecule has 0 aliphatic carbocycles. The number of ether oxygens (including phenoxy) is 1. The second-order valence-electron chi connectivity index (χ2n) is 9.56. The molecule has 1 fully saturated rings. The van der Waals surface area contributed by atoms with E-state index in [1.165, 1.54) is 31.2 Å². The van der Waals surface area contributed by atoms with Crippen molar-refractivity contribution in [2.45, 2.75) is 32.1 Å². The van der Waals surface area contributed by atoms with Crippen LogP contribution in [-0.4, -0.2) is 42.5 Å². The summed E-state index contributed by atoms with van der Waals surface area (Å²) in [6, 6.07) is 19.3. The van der Waals surface area contributed by atoms with Crippen LogP contribution < -0.4 is 4.74 Å². The summed E-state index contributed by atoms with van der Waals surface area (Å²) in [7, 11) is 1.60. The van der Waals surface area contributed by atoms with E-state index in [0.717, 1.165) is 22.9 Å². The maximum Gasteiger partial charge on any atom is 0.416 e. The van der Waals surface area contributed by atoms with E-state index in [1.54, 1.807) is 30.2 Å². The van der Waals surface area contributed by atoms with Gasteiger partial charge in [0, 0.05) is 45.6 Å². The van der Waals surface area contributed by atoms with E-state index in [9.17, 15) is 22.4 Å². The summed E-state index contributed by atoms with van der Waals surface area (Å²) >= 11 is 0. The number of hydrogen-bond acceptors (Lipinski definition) is 3. The number of methoxy groups -OCH3 is 1. The predicted octanol–water partition coefficient (Wildman–Crippen LogP) is 6.12. The average molecular weight is 515 g/mol. The zero-order valence-electron chi connectivity index (χ0n) is 20.8. The van der Waals surface area contributed by atoms with Gasteiger partial charge in [0.05, 0.1) is 12.7 Å². The summed E-state index contributed by atoms with van der Waals surface area (Å²) in [6.45, 7) is 4.00. The highest BCUT2D eigenvalue weighted by atomic mass is 19.4. The topological polar surface area (TPSA) is 32.8 Å². The van der Waals surface area contributed by atoms with Crippen LogP contribution in [0.5, 0.6) is 5.75 Å². The second-order valence-corrected chi connectivity index (χ2v) is 9.56. The lowest BCUT2D eigenvalue weighted by atomic mass is 9.88. The fraction of sp³-hybridized carbons (Fsp3) is 0.345. The fourth-order valence-corrected chi connectivity index (χ4v) is 5.01. The van der Waals surface area contributed by atoms with Crippen LogP contribution >= 0.6 is 0 Å². The van der Waals surface area contributed by atoms with Crippen LogP contribution in [0, 0.1) is 11.7 Å². The molecule has 4 rings (SSSR count). The Morgan fingerprint density at radius 3 is 2.32 bits per heavy atom. The van der Waals surface area contributed by atoms with Gasteiger partial charge in [0.2, 0.25) is 5.91 Å². The molecule has 37 heavy (non-hydrogen) atoms. The zero-order valence-corrected chi connectivity index (χ0v) is 20.8. The van der Waals surface area contributed by atoms with Crippen molar-refractivity contribution in [3.05, 3.63) is 101 Å². The van der Waals surface area contributed by atoms with Gasteiger partial charge in [-0.15, -0.1) is 0 Å². The van der Waals surface area contributed by atoms with Gasteiger partial charge < -0.3 is 9.64 Å². The van der Waals surface area contributed by atoms with Gasteiger partial charge in [-0.3, -0.25) is 9.69 Å². The lowest BCUT2D eigenvalue weighted by Gasteiger charge is -2.28. The molecule has 0 unspecified atom stereocenters. The molecule has 1 heterocycles. The van der Waals surface area contributed by atoms with E-state index in [1.807, 2.05) is 24.3 Å². The molecule has 3 aromatic rings. The number of carbonyl (C=O) groups is 1. The van der Waals surface area contributed by atoms with Crippen LogP contribution in [0.2, 0.25) is 0 Å².